The third kappa shape index (κ3) is 8.93. The number of anilines is 2. The molecule has 3 atom stereocenters. The lowest BCUT2D eigenvalue weighted by atomic mass is 9.99. The highest BCUT2D eigenvalue weighted by Gasteiger charge is 2.26. The molecule has 0 bridgehead atoms. The van der Waals surface area contributed by atoms with Crippen molar-refractivity contribution in [3.8, 4) is 0 Å². The van der Waals surface area contributed by atoms with E-state index >= 15 is 0 Å². The minimum atomic E-state index is -3.71. The predicted octanol–water partition coefficient (Wildman–Crippen LogP) is 3.71. The largest absolute Gasteiger partial charge is 0.389 e. The predicted molar refractivity (Wildman–Crippen MR) is 174 cm³/mol. The van der Waals surface area contributed by atoms with Crippen LogP contribution in [0.5, 0.6) is 0 Å². The smallest absolute Gasteiger partial charge is 0.251 e. The van der Waals surface area contributed by atoms with Gasteiger partial charge in [0.15, 0.2) is 5.82 Å². The lowest BCUT2D eigenvalue weighted by Crippen LogP contribution is -2.49. The molecule has 4 rings (SSSR count). The van der Waals surface area contributed by atoms with Crippen molar-refractivity contribution in [3.05, 3.63) is 113 Å². The van der Waals surface area contributed by atoms with Gasteiger partial charge in [0.2, 0.25) is 10.0 Å². The minimum Gasteiger partial charge on any atom is -0.389 e. The second-order valence-electron chi connectivity index (χ2n) is 11.1. The van der Waals surface area contributed by atoms with Gasteiger partial charge in [0.05, 0.1) is 30.1 Å². The molecule has 3 aromatic carbocycles. The first kappa shape index (κ1) is 33.2. The molecule has 45 heavy (non-hydrogen) atoms. The van der Waals surface area contributed by atoms with Crippen molar-refractivity contribution >= 4 is 33.3 Å². The van der Waals surface area contributed by atoms with E-state index in [9.17, 15) is 23.1 Å². The highest BCUT2D eigenvalue weighted by Crippen LogP contribution is 2.23. The van der Waals surface area contributed by atoms with Crippen LogP contribution in [0.4, 0.5) is 11.5 Å². The molecule has 1 aromatic heterocycles. The fourth-order valence-corrected chi connectivity index (χ4v) is 5.28. The van der Waals surface area contributed by atoms with Gasteiger partial charge in [-0.15, -0.1) is 0 Å². The number of likely N-dealkylation sites (N-methyl/N-ethyl adjacent to an activating group) is 1. The first-order chi connectivity index (χ1) is 21.3. The highest BCUT2D eigenvalue weighted by atomic mass is 32.2. The molecule has 0 aliphatic carbocycles. The zero-order valence-corrected chi connectivity index (χ0v) is 26.8. The van der Waals surface area contributed by atoms with E-state index in [1.54, 1.807) is 24.9 Å². The third-order valence-corrected chi connectivity index (χ3v) is 8.70. The molecule has 0 saturated heterocycles. The molecular formula is C33H39N5O6S. The number of aliphatic hydroxyl groups is 1. The van der Waals surface area contributed by atoms with E-state index in [-0.39, 0.29) is 29.4 Å². The summed E-state index contributed by atoms with van der Waals surface area (Å²) in [4.78, 5) is 28.9. The number of benzene rings is 3. The maximum absolute atomic E-state index is 13.8. The summed E-state index contributed by atoms with van der Waals surface area (Å²) >= 11 is 0. The SMILES string of the molecule is Cc1cc(N(C)C[C@@H](O)[C@H](Cc2ccccc2)NC(=O)c2cc(C(=O)N[C@H](C)c3ccccc3)cc(N(C)S(C)(=O)=O)c2)no1. The topological polar surface area (TPSA) is 145 Å². The number of nitrogens with zero attached hydrogens (tertiary/aromatic N) is 3. The Morgan fingerprint density at radius 1 is 0.911 bits per heavy atom. The van der Waals surface area contributed by atoms with Crippen LogP contribution in [0, 0.1) is 6.92 Å². The summed E-state index contributed by atoms with van der Waals surface area (Å²) in [6.07, 6.45) is 0.313. The lowest BCUT2D eigenvalue weighted by Gasteiger charge is -2.28. The van der Waals surface area contributed by atoms with E-state index in [2.05, 4.69) is 15.8 Å². The summed E-state index contributed by atoms with van der Waals surface area (Å²) in [7, 11) is -0.602. The van der Waals surface area contributed by atoms with Gasteiger partial charge in [-0.05, 0) is 49.6 Å². The van der Waals surface area contributed by atoms with Crippen molar-refractivity contribution in [2.24, 2.45) is 0 Å². The Labute approximate surface area is 263 Å². The van der Waals surface area contributed by atoms with Gasteiger partial charge >= 0.3 is 0 Å². The number of aryl methyl sites for hydroxylation is 1. The molecule has 0 unspecified atom stereocenters. The fourth-order valence-electron chi connectivity index (χ4n) is 4.79. The Kier molecular flexibility index (Phi) is 10.6. The molecule has 2 amide bonds. The van der Waals surface area contributed by atoms with Crippen LogP contribution >= 0.6 is 0 Å². The monoisotopic (exact) mass is 633 g/mol. The van der Waals surface area contributed by atoms with Gasteiger partial charge in [-0.1, -0.05) is 65.8 Å². The van der Waals surface area contributed by atoms with Gasteiger partial charge in [0, 0.05) is 37.8 Å². The van der Waals surface area contributed by atoms with Crippen LogP contribution in [0.25, 0.3) is 0 Å². The zero-order valence-electron chi connectivity index (χ0n) is 26.0. The second-order valence-corrected chi connectivity index (χ2v) is 13.1. The molecular weight excluding hydrogens is 594 g/mol. The standard InChI is InChI=1S/C33H39N5O6S/c1-22-16-31(36-44-22)37(3)21-30(39)29(17-24-12-8-6-9-13-24)35-33(41)27-18-26(19-28(20-27)38(4)45(5,42)43)32(40)34-23(2)25-14-10-7-11-15-25/h6-16,18-20,23,29-30,39H,17,21H2,1-5H3,(H,34,40)(H,35,41)/t23-,29+,30-/m1/s1. The van der Waals surface area contributed by atoms with E-state index in [0.717, 1.165) is 21.7 Å². The molecule has 4 aromatic rings. The zero-order chi connectivity index (χ0) is 32.7. The van der Waals surface area contributed by atoms with Crippen molar-refractivity contribution in [2.75, 3.05) is 36.1 Å². The Balaban J connectivity index is 1.63. The van der Waals surface area contributed by atoms with Gasteiger partial charge in [-0.2, -0.15) is 0 Å². The molecule has 1 heterocycles. The lowest BCUT2D eigenvalue weighted by molar-refractivity contribution is 0.0843. The number of hydrogen-bond donors (Lipinski definition) is 3. The Bertz CT molecular complexity index is 1710. The van der Waals surface area contributed by atoms with Gasteiger partial charge in [0.25, 0.3) is 11.8 Å². The average Bonchev–Trinajstić information content (AvgIpc) is 3.46. The van der Waals surface area contributed by atoms with Gasteiger partial charge in [0.1, 0.15) is 5.76 Å². The number of carbonyl (C=O) groups excluding carboxylic acids is 2. The first-order valence-electron chi connectivity index (χ1n) is 14.4. The molecule has 11 nitrogen and oxygen atoms in total. The maximum Gasteiger partial charge on any atom is 0.251 e. The van der Waals surface area contributed by atoms with Crippen molar-refractivity contribution in [2.45, 2.75) is 38.5 Å². The normalized spacial score (nSPS) is 13.4. The number of aliphatic hydroxyl groups excluding tert-OH is 1. The number of rotatable bonds is 13. The van der Waals surface area contributed by atoms with Crippen LogP contribution in [-0.2, 0) is 16.4 Å². The second kappa shape index (κ2) is 14.4. The van der Waals surface area contributed by atoms with Gasteiger partial charge in [-0.3, -0.25) is 13.9 Å². The van der Waals surface area contributed by atoms with Crippen molar-refractivity contribution in [1.29, 1.82) is 0 Å². The number of sulfonamides is 1. The van der Waals surface area contributed by atoms with Crippen LogP contribution in [0.3, 0.4) is 0 Å². The number of aromatic nitrogens is 1. The molecule has 0 aliphatic heterocycles. The number of nitrogens with one attached hydrogen (secondary N) is 2. The molecule has 0 radical (unpaired) electrons. The van der Waals surface area contributed by atoms with Crippen LogP contribution in [-0.4, -0.2) is 69.5 Å². The Morgan fingerprint density at radius 3 is 2.04 bits per heavy atom. The van der Waals surface area contributed by atoms with Crippen LogP contribution < -0.4 is 19.8 Å². The fraction of sp³-hybridized carbons (Fsp3) is 0.303. The van der Waals surface area contributed by atoms with E-state index < -0.39 is 34.0 Å². The Hall–Kier alpha value is -4.68. The van der Waals surface area contributed by atoms with Crippen molar-refractivity contribution in [1.82, 2.24) is 15.8 Å². The molecule has 0 fully saturated rings. The van der Waals surface area contributed by atoms with E-state index in [0.29, 0.717) is 18.0 Å². The van der Waals surface area contributed by atoms with E-state index in [1.807, 2.05) is 67.6 Å². The summed E-state index contributed by atoms with van der Waals surface area (Å²) in [5.74, 6) is 0.101. The summed E-state index contributed by atoms with van der Waals surface area (Å²) in [6.45, 7) is 3.73. The maximum atomic E-state index is 13.8. The quantitative estimate of drug-likeness (QED) is 0.202. The molecule has 238 valence electrons. The summed E-state index contributed by atoms with van der Waals surface area (Å²) in [6, 6.07) is 23.7. The molecule has 0 aliphatic rings. The number of carbonyl (C=O) groups is 2. The average molecular weight is 634 g/mol. The Morgan fingerprint density at radius 2 is 1.49 bits per heavy atom. The molecule has 0 spiro atoms. The third-order valence-electron chi connectivity index (χ3n) is 7.50. The van der Waals surface area contributed by atoms with Crippen LogP contribution in [0.15, 0.2) is 89.5 Å². The number of amides is 2. The summed E-state index contributed by atoms with van der Waals surface area (Å²) in [5.41, 5.74) is 2.09. The molecule has 3 N–H and O–H groups in total. The number of hydrogen-bond acceptors (Lipinski definition) is 8. The molecule has 12 heteroatoms. The summed E-state index contributed by atoms with van der Waals surface area (Å²) < 4.78 is 31.0. The summed E-state index contributed by atoms with van der Waals surface area (Å²) in [5, 5.41) is 21.2. The van der Waals surface area contributed by atoms with Gasteiger partial charge < -0.3 is 25.2 Å². The van der Waals surface area contributed by atoms with Crippen molar-refractivity contribution in [3.63, 3.8) is 0 Å². The van der Waals surface area contributed by atoms with Crippen LogP contribution in [0.2, 0.25) is 0 Å². The van der Waals surface area contributed by atoms with E-state index in [1.165, 1.54) is 25.2 Å². The van der Waals surface area contributed by atoms with Gasteiger partial charge in [-0.25, -0.2) is 8.42 Å². The van der Waals surface area contributed by atoms with Crippen LogP contribution in [0.1, 0.15) is 50.6 Å². The van der Waals surface area contributed by atoms with Crippen molar-refractivity contribution < 1.29 is 27.6 Å². The highest BCUT2D eigenvalue weighted by molar-refractivity contribution is 7.92. The molecule has 0 saturated carbocycles. The first-order valence-corrected chi connectivity index (χ1v) is 16.3. The minimum absolute atomic E-state index is 0.0613. The van der Waals surface area contributed by atoms with E-state index in [4.69, 9.17) is 4.52 Å².